The van der Waals surface area contributed by atoms with E-state index in [0.29, 0.717) is 5.56 Å². The Morgan fingerprint density at radius 2 is 1.57 bits per heavy atom. The van der Waals surface area contributed by atoms with Crippen molar-refractivity contribution in [3.8, 4) is 34.3 Å². The topological polar surface area (TPSA) is 226 Å². The number of hydrogen-bond acceptors (Lipinski definition) is 14. The lowest BCUT2D eigenvalue weighted by atomic mass is 9.90. The molecule has 2 fully saturated rings. The van der Waals surface area contributed by atoms with Crippen molar-refractivity contribution in [2.24, 2.45) is 0 Å². The number of benzene rings is 2. The van der Waals surface area contributed by atoms with Gasteiger partial charge in [0, 0.05) is 17.7 Å². The minimum atomic E-state index is -1.91. The van der Waals surface area contributed by atoms with Crippen molar-refractivity contribution in [3.63, 3.8) is 0 Å². The van der Waals surface area contributed by atoms with Crippen LogP contribution in [0.15, 0.2) is 39.5 Å². The SMILES string of the molecule is COc1cc(-c2cc(=O)c3c(O)c([C@H]4O[C@@H](C)C(=O)[C@@H](O)[C@@H]4O[C@@H]4O[C@@H](C)[C@H](O)[C@@H](O)[C@H]4O)c(O)cc3o2)ccc1O. The lowest BCUT2D eigenvalue weighted by Crippen LogP contribution is -2.60. The van der Waals surface area contributed by atoms with E-state index in [4.69, 9.17) is 23.4 Å². The third kappa shape index (κ3) is 4.96. The molecule has 2 aliphatic rings. The molecule has 1 aromatic heterocycles. The molecule has 9 atom stereocenters. The van der Waals surface area contributed by atoms with Gasteiger partial charge in [0.1, 0.15) is 71.0 Å². The third-order valence-corrected chi connectivity index (χ3v) is 7.51. The van der Waals surface area contributed by atoms with Crippen LogP contribution in [-0.2, 0) is 19.0 Å². The average molecular weight is 591 g/mol. The molecule has 3 heterocycles. The van der Waals surface area contributed by atoms with E-state index in [0.717, 1.165) is 12.1 Å². The standard InChI is InChI=1S/C28H30O14/c1-9-21(33)24(36)27(42-28-25(37)23(35)20(32)10(2)40-28)26(39-9)19-14(31)8-17-18(22(19)34)13(30)7-15(41-17)11-4-5-12(29)16(6-11)38-3/h4-10,20,23-29,31-32,34-37H,1-3H3/t9-,10-,20-,23+,24+,25+,26+,27-,28-/m0/s1. The summed E-state index contributed by atoms with van der Waals surface area (Å²) >= 11 is 0. The number of phenols is 3. The summed E-state index contributed by atoms with van der Waals surface area (Å²) in [6.07, 6.45) is -14.1. The molecule has 0 saturated carbocycles. The van der Waals surface area contributed by atoms with Crippen LogP contribution in [0.3, 0.4) is 0 Å². The Morgan fingerprint density at radius 1 is 0.857 bits per heavy atom. The van der Waals surface area contributed by atoms with Crippen LogP contribution < -0.4 is 10.2 Å². The van der Waals surface area contributed by atoms with Crippen LogP contribution >= 0.6 is 0 Å². The second-order valence-corrected chi connectivity index (χ2v) is 10.2. The van der Waals surface area contributed by atoms with Crippen LogP contribution in [0.2, 0.25) is 0 Å². The van der Waals surface area contributed by atoms with Gasteiger partial charge < -0.3 is 59.1 Å². The number of Topliss-reactive ketones (excluding diaryl/α,β-unsaturated/α-hetero) is 1. The molecule has 0 unspecified atom stereocenters. The number of methoxy groups -OCH3 is 1. The fourth-order valence-electron chi connectivity index (χ4n) is 5.15. The van der Waals surface area contributed by atoms with Gasteiger partial charge in [0.05, 0.1) is 18.8 Å². The fourth-order valence-corrected chi connectivity index (χ4v) is 5.15. The first-order chi connectivity index (χ1) is 19.8. The molecule has 3 aromatic rings. The summed E-state index contributed by atoms with van der Waals surface area (Å²) in [6.45, 7) is 2.72. The summed E-state index contributed by atoms with van der Waals surface area (Å²) in [4.78, 5) is 25.9. The van der Waals surface area contributed by atoms with Crippen LogP contribution in [-0.4, -0.2) is 97.7 Å². The number of ether oxygens (including phenoxy) is 4. The maximum Gasteiger partial charge on any atom is 0.197 e. The van der Waals surface area contributed by atoms with Crippen molar-refractivity contribution in [1.82, 2.24) is 0 Å². The largest absolute Gasteiger partial charge is 0.507 e. The highest BCUT2D eigenvalue weighted by Crippen LogP contribution is 2.45. The quantitative estimate of drug-likeness (QED) is 0.211. The Bertz CT molecular complexity index is 1570. The van der Waals surface area contributed by atoms with Gasteiger partial charge in [0.15, 0.2) is 29.0 Å². The van der Waals surface area contributed by atoms with Crippen LogP contribution in [0, 0.1) is 0 Å². The Morgan fingerprint density at radius 3 is 2.26 bits per heavy atom. The zero-order valence-electron chi connectivity index (χ0n) is 22.6. The predicted octanol–water partition coefficient (Wildman–Crippen LogP) is 0.188. The number of carbonyl (C=O) groups excluding carboxylic acids is 1. The second kappa shape index (κ2) is 11.1. The van der Waals surface area contributed by atoms with Crippen LogP contribution in [0.4, 0.5) is 0 Å². The molecule has 14 nitrogen and oxygen atoms in total. The molecular formula is C28H30O14. The van der Waals surface area contributed by atoms with Crippen LogP contribution in [0.25, 0.3) is 22.3 Å². The minimum absolute atomic E-state index is 0.0282. The highest BCUT2D eigenvalue weighted by Gasteiger charge is 2.50. The second-order valence-electron chi connectivity index (χ2n) is 10.2. The first kappa shape index (κ1) is 29.7. The van der Waals surface area contributed by atoms with Gasteiger partial charge >= 0.3 is 0 Å². The average Bonchev–Trinajstić information content (AvgIpc) is 2.95. The van der Waals surface area contributed by atoms with Crippen molar-refractivity contribution in [2.45, 2.75) is 69.0 Å². The van der Waals surface area contributed by atoms with Gasteiger partial charge in [-0.2, -0.15) is 0 Å². The maximum absolute atomic E-state index is 13.2. The zero-order valence-corrected chi connectivity index (χ0v) is 22.6. The molecule has 5 rings (SSSR count). The first-order valence-corrected chi connectivity index (χ1v) is 13.0. The summed E-state index contributed by atoms with van der Waals surface area (Å²) < 4.78 is 27.7. The first-order valence-electron chi connectivity index (χ1n) is 13.0. The molecule has 2 aliphatic heterocycles. The van der Waals surface area contributed by atoms with E-state index in [1.54, 1.807) is 0 Å². The number of hydrogen-bond donors (Lipinski definition) is 7. The highest BCUT2D eigenvalue weighted by molar-refractivity contribution is 5.90. The van der Waals surface area contributed by atoms with Crippen molar-refractivity contribution in [2.75, 3.05) is 7.11 Å². The maximum atomic E-state index is 13.2. The van der Waals surface area contributed by atoms with Gasteiger partial charge in [-0.05, 0) is 32.0 Å². The van der Waals surface area contributed by atoms with Crippen LogP contribution in [0.1, 0.15) is 25.5 Å². The van der Waals surface area contributed by atoms with E-state index in [-0.39, 0.29) is 28.2 Å². The third-order valence-electron chi connectivity index (χ3n) is 7.51. The van der Waals surface area contributed by atoms with Gasteiger partial charge in [-0.3, -0.25) is 9.59 Å². The normalized spacial score (nSPS) is 31.8. The zero-order chi connectivity index (χ0) is 30.6. The molecule has 42 heavy (non-hydrogen) atoms. The van der Waals surface area contributed by atoms with E-state index in [2.05, 4.69) is 0 Å². The Balaban J connectivity index is 1.58. The number of carbonyl (C=O) groups is 1. The lowest BCUT2D eigenvalue weighted by Gasteiger charge is -2.44. The van der Waals surface area contributed by atoms with Gasteiger partial charge in [0.25, 0.3) is 0 Å². The van der Waals surface area contributed by atoms with E-state index < -0.39 is 83.4 Å². The van der Waals surface area contributed by atoms with Gasteiger partial charge in [-0.25, -0.2) is 0 Å². The molecule has 226 valence electrons. The predicted molar refractivity (Wildman–Crippen MR) is 141 cm³/mol. The van der Waals surface area contributed by atoms with E-state index in [1.165, 1.54) is 39.2 Å². The Hall–Kier alpha value is -3.76. The highest BCUT2D eigenvalue weighted by atomic mass is 16.7. The van der Waals surface area contributed by atoms with Crippen molar-refractivity contribution in [1.29, 1.82) is 0 Å². The van der Waals surface area contributed by atoms with Crippen LogP contribution in [0.5, 0.6) is 23.0 Å². The Kier molecular flexibility index (Phi) is 7.89. The van der Waals surface area contributed by atoms with Crippen molar-refractivity contribution in [3.05, 3.63) is 46.1 Å². The van der Waals surface area contributed by atoms with E-state index in [9.17, 15) is 45.3 Å². The van der Waals surface area contributed by atoms with E-state index >= 15 is 0 Å². The molecular weight excluding hydrogens is 560 g/mol. The molecule has 0 amide bonds. The minimum Gasteiger partial charge on any atom is -0.507 e. The monoisotopic (exact) mass is 590 g/mol. The summed E-state index contributed by atoms with van der Waals surface area (Å²) in [5, 5.41) is 73.2. The summed E-state index contributed by atoms with van der Waals surface area (Å²) in [6, 6.07) is 6.33. The number of rotatable bonds is 5. The lowest BCUT2D eigenvalue weighted by molar-refractivity contribution is -0.323. The molecule has 0 aliphatic carbocycles. The molecule has 0 spiro atoms. The van der Waals surface area contributed by atoms with Gasteiger partial charge in [0.2, 0.25) is 0 Å². The van der Waals surface area contributed by atoms with Crippen molar-refractivity contribution >= 4 is 16.8 Å². The number of aliphatic hydroxyl groups excluding tert-OH is 4. The van der Waals surface area contributed by atoms with Crippen molar-refractivity contribution < 1.29 is 63.9 Å². The molecule has 0 radical (unpaired) electrons. The number of aromatic hydroxyl groups is 3. The molecule has 14 heteroatoms. The summed E-state index contributed by atoms with van der Waals surface area (Å²) in [7, 11) is 1.34. The van der Waals surface area contributed by atoms with E-state index in [1.807, 2.05) is 0 Å². The number of aliphatic hydroxyl groups is 4. The van der Waals surface area contributed by atoms with Gasteiger partial charge in [-0.15, -0.1) is 0 Å². The number of ketones is 1. The fraction of sp³-hybridized carbons (Fsp3) is 0.429. The number of fused-ring (bicyclic) bond motifs is 1. The van der Waals surface area contributed by atoms with Gasteiger partial charge in [-0.1, -0.05) is 0 Å². The summed E-state index contributed by atoms with van der Waals surface area (Å²) in [5.74, 6) is -2.25. The number of phenolic OH excluding ortho intramolecular Hbond substituents is 3. The Labute approximate surface area is 237 Å². The molecule has 0 bridgehead atoms. The molecule has 7 N–H and O–H groups in total. The summed E-state index contributed by atoms with van der Waals surface area (Å²) in [5.41, 5.74) is -1.03. The smallest absolute Gasteiger partial charge is 0.197 e. The molecule has 2 saturated heterocycles. The molecule has 2 aromatic carbocycles.